The third kappa shape index (κ3) is 6.34. The minimum absolute atomic E-state index is 0.0366. The van der Waals surface area contributed by atoms with Crippen LogP contribution in [0.4, 0.5) is 0 Å². The standard InChI is InChI=1S/C21H25N3O6S/c1-29-16-3-2-4-18(11-16)31(27,28)24-19-6-5-17(30-20(19)14-25)12-21(26)23-13-15-7-9-22-10-8-15/h2-11,17,19-20,24-25H,12-14H2,1H3,(H,23,26)/t17-,19+,20+/m1/s1. The van der Waals surface area contributed by atoms with Gasteiger partial charge in [0.1, 0.15) is 11.9 Å². The Morgan fingerprint density at radius 3 is 2.71 bits per heavy atom. The molecule has 1 aliphatic heterocycles. The van der Waals surface area contributed by atoms with Crippen molar-refractivity contribution in [3.05, 3.63) is 66.5 Å². The number of nitrogens with one attached hydrogen (secondary N) is 2. The Hall–Kier alpha value is -2.79. The maximum Gasteiger partial charge on any atom is 0.241 e. The number of hydrogen-bond donors (Lipinski definition) is 3. The van der Waals surface area contributed by atoms with Crippen molar-refractivity contribution in [1.82, 2.24) is 15.0 Å². The molecule has 0 radical (unpaired) electrons. The number of hydrogen-bond acceptors (Lipinski definition) is 7. The van der Waals surface area contributed by atoms with Gasteiger partial charge < -0.3 is 19.9 Å². The van der Waals surface area contributed by atoms with E-state index in [-0.39, 0.29) is 17.2 Å². The molecule has 1 aromatic heterocycles. The summed E-state index contributed by atoms with van der Waals surface area (Å²) in [6.45, 7) is -0.0467. The van der Waals surface area contributed by atoms with Gasteiger partial charge in [-0.1, -0.05) is 18.2 Å². The van der Waals surface area contributed by atoms with Crippen molar-refractivity contribution in [2.75, 3.05) is 13.7 Å². The van der Waals surface area contributed by atoms with E-state index in [1.54, 1.807) is 48.8 Å². The largest absolute Gasteiger partial charge is 0.497 e. The zero-order valence-corrected chi connectivity index (χ0v) is 17.8. The molecule has 3 rings (SSSR count). The van der Waals surface area contributed by atoms with Crippen LogP contribution in [0.2, 0.25) is 0 Å². The van der Waals surface area contributed by atoms with Gasteiger partial charge in [-0.05, 0) is 29.8 Å². The van der Waals surface area contributed by atoms with Crippen LogP contribution in [0.5, 0.6) is 5.75 Å². The maximum atomic E-state index is 12.7. The molecule has 9 nitrogen and oxygen atoms in total. The fourth-order valence-corrected chi connectivity index (χ4v) is 4.34. The number of benzene rings is 1. The first-order chi connectivity index (χ1) is 14.9. The summed E-state index contributed by atoms with van der Waals surface area (Å²) < 4.78 is 38.7. The van der Waals surface area contributed by atoms with E-state index in [1.807, 2.05) is 0 Å². The summed E-state index contributed by atoms with van der Waals surface area (Å²) in [6, 6.07) is 8.89. The second kappa shape index (κ2) is 10.5. The first kappa shape index (κ1) is 22.9. The summed E-state index contributed by atoms with van der Waals surface area (Å²) >= 11 is 0. The molecule has 1 aliphatic rings. The Morgan fingerprint density at radius 1 is 1.23 bits per heavy atom. The summed E-state index contributed by atoms with van der Waals surface area (Å²) in [5.74, 6) is 0.188. The fraction of sp³-hybridized carbons (Fsp3) is 0.333. The molecule has 2 aromatic rings. The van der Waals surface area contributed by atoms with E-state index in [2.05, 4.69) is 15.0 Å². The molecule has 3 atom stereocenters. The number of amides is 1. The molecule has 0 spiro atoms. The molecule has 1 amide bonds. The van der Waals surface area contributed by atoms with E-state index in [0.717, 1.165) is 5.56 Å². The third-order valence-electron chi connectivity index (χ3n) is 4.73. The lowest BCUT2D eigenvalue weighted by Gasteiger charge is -2.31. The summed E-state index contributed by atoms with van der Waals surface area (Å²) in [7, 11) is -2.42. The molecule has 3 N–H and O–H groups in total. The van der Waals surface area contributed by atoms with Gasteiger partial charge in [0.2, 0.25) is 15.9 Å². The van der Waals surface area contributed by atoms with E-state index in [9.17, 15) is 18.3 Å². The number of aromatic nitrogens is 1. The number of nitrogens with zero attached hydrogens (tertiary/aromatic N) is 1. The highest BCUT2D eigenvalue weighted by atomic mass is 32.2. The number of aliphatic hydroxyl groups excluding tert-OH is 1. The van der Waals surface area contributed by atoms with Gasteiger partial charge in [0, 0.05) is 25.0 Å². The molecule has 0 unspecified atom stereocenters. The van der Waals surface area contributed by atoms with Crippen LogP contribution >= 0.6 is 0 Å². The number of pyridine rings is 1. The van der Waals surface area contributed by atoms with E-state index >= 15 is 0 Å². The van der Waals surface area contributed by atoms with Gasteiger partial charge in [0.25, 0.3) is 0 Å². The van der Waals surface area contributed by atoms with Crippen LogP contribution in [0.15, 0.2) is 65.8 Å². The average molecular weight is 448 g/mol. The van der Waals surface area contributed by atoms with Crippen molar-refractivity contribution in [3.8, 4) is 5.75 Å². The molecule has 1 aromatic carbocycles. The molecule has 0 saturated heterocycles. The van der Waals surface area contributed by atoms with Gasteiger partial charge >= 0.3 is 0 Å². The predicted molar refractivity (Wildman–Crippen MR) is 113 cm³/mol. The lowest BCUT2D eigenvalue weighted by Crippen LogP contribution is -2.49. The van der Waals surface area contributed by atoms with Crippen molar-refractivity contribution < 1.29 is 27.8 Å². The summed E-state index contributed by atoms with van der Waals surface area (Å²) in [5, 5.41) is 12.5. The summed E-state index contributed by atoms with van der Waals surface area (Å²) in [5.41, 5.74) is 0.920. The Kier molecular flexibility index (Phi) is 7.75. The SMILES string of the molecule is COc1cccc(S(=O)(=O)N[C@H]2C=C[C@H](CC(=O)NCc3ccncc3)O[C@H]2CO)c1. The monoisotopic (exact) mass is 447 g/mol. The molecule has 2 heterocycles. The zero-order chi connectivity index (χ0) is 22.3. The average Bonchev–Trinajstić information content (AvgIpc) is 2.79. The molecule has 166 valence electrons. The Bertz CT molecular complexity index is 1010. The molecule has 31 heavy (non-hydrogen) atoms. The minimum atomic E-state index is -3.87. The molecule has 0 fully saturated rings. The molecule has 0 bridgehead atoms. The van der Waals surface area contributed by atoms with Crippen molar-refractivity contribution in [2.24, 2.45) is 0 Å². The van der Waals surface area contributed by atoms with Crippen molar-refractivity contribution in [3.63, 3.8) is 0 Å². The molecule has 0 saturated carbocycles. The maximum absolute atomic E-state index is 12.7. The smallest absolute Gasteiger partial charge is 0.241 e. The van der Waals surface area contributed by atoms with Gasteiger partial charge in [-0.15, -0.1) is 0 Å². The molecule has 10 heteroatoms. The van der Waals surface area contributed by atoms with Gasteiger partial charge in [-0.25, -0.2) is 13.1 Å². The second-order valence-corrected chi connectivity index (χ2v) is 8.66. The van der Waals surface area contributed by atoms with Crippen LogP contribution < -0.4 is 14.8 Å². The first-order valence-electron chi connectivity index (χ1n) is 9.68. The Labute approximate surface area is 181 Å². The third-order valence-corrected chi connectivity index (χ3v) is 6.19. The summed E-state index contributed by atoms with van der Waals surface area (Å²) in [4.78, 5) is 16.2. The number of sulfonamides is 1. The highest BCUT2D eigenvalue weighted by molar-refractivity contribution is 7.89. The van der Waals surface area contributed by atoms with E-state index in [4.69, 9.17) is 9.47 Å². The van der Waals surface area contributed by atoms with Gasteiger partial charge in [-0.3, -0.25) is 9.78 Å². The van der Waals surface area contributed by atoms with Crippen molar-refractivity contribution in [2.45, 2.75) is 36.1 Å². The second-order valence-electron chi connectivity index (χ2n) is 6.94. The Morgan fingerprint density at radius 2 is 2.00 bits per heavy atom. The van der Waals surface area contributed by atoms with Gasteiger partial charge in [0.05, 0.1) is 37.2 Å². The molecular formula is C21H25N3O6S. The van der Waals surface area contributed by atoms with Gasteiger partial charge in [-0.2, -0.15) is 0 Å². The Balaban J connectivity index is 1.60. The number of carbonyl (C=O) groups excluding carboxylic acids is 1. The molecular weight excluding hydrogens is 422 g/mol. The lowest BCUT2D eigenvalue weighted by molar-refractivity contribution is -0.125. The van der Waals surface area contributed by atoms with Crippen molar-refractivity contribution in [1.29, 1.82) is 0 Å². The lowest BCUT2D eigenvalue weighted by atomic mass is 10.1. The number of rotatable bonds is 9. The van der Waals surface area contributed by atoms with E-state index < -0.39 is 34.9 Å². The van der Waals surface area contributed by atoms with Crippen molar-refractivity contribution >= 4 is 15.9 Å². The quantitative estimate of drug-likeness (QED) is 0.484. The topological polar surface area (TPSA) is 127 Å². The van der Waals surface area contributed by atoms with Crippen LogP contribution in [0.3, 0.4) is 0 Å². The molecule has 0 aliphatic carbocycles. The first-order valence-corrected chi connectivity index (χ1v) is 11.2. The normalized spacial score (nSPS) is 20.9. The van der Waals surface area contributed by atoms with Gasteiger partial charge in [0.15, 0.2) is 0 Å². The van der Waals surface area contributed by atoms with E-state index in [0.29, 0.717) is 12.3 Å². The highest BCUT2D eigenvalue weighted by Crippen LogP contribution is 2.20. The highest BCUT2D eigenvalue weighted by Gasteiger charge is 2.31. The van der Waals surface area contributed by atoms with Crippen LogP contribution in [0, 0.1) is 0 Å². The number of aliphatic hydroxyl groups is 1. The number of methoxy groups -OCH3 is 1. The number of ether oxygens (including phenoxy) is 2. The summed E-state index contributed by atoms with van der Waals surface area (Å²) in [6.07, 6.45) is 5.16. The van der Waals surface area contributed by atoms with Crippen LogP contribution in [0.25, 0.3) is 0 Å². The van der Waals surface area contributed by atoms with Crippen LogP contribution in [0.1, 0.15) is 12.0 Å². The number of carbonyl (C=O) groups is 1. The van der Waals surface area contributed by atoms with E-state index in [1.165, 1.54) is 19.2 Å². The minimum Gasteiger partial charge on any atom is -0.497 e. The zero-order valence-electron chi connectivity index (χ0n) is 17.0. The van der Waals surface area contributed by atoms with Crippen LogP contribution in [-0.4, -0.2) is 56.4 Å². The van der Waals surface area contributed by atoms with Crippen LogP contribution in [-0.2, 0) is 26.1 Å². The fourth-order valence-electron chi connectivity index (χ4n) is 3.08. The predicted octanol–water partition coefficient (Wildman–Crippen LogP) is 0.759.